The second kappa shape index (κ2) is 15.7. The number of nitriles is 2. The van der Waals surface area contributed by atoms with Gasteiger partial charge in [-0.25, -0.2) is 0 Å². The van der Waals surface area contributed by atoms with Crippen LogP contribution >= 0.6 is 11.3 Å². The summed E-state index contributed by atoms with van der Waals surface area (Å²) in [5.41, 5.74) is 0.271. The van der Waals surface area contributed by atoms with E-state index >= 15 is 0 Å². The number of aryl methyl sites for hydroxylation is 2. The number of nitrogens with zero attached hydrogens (tertiary/aromatic N) is 4. The normalized spacial score (nSPS) is 12.6. The van der Waals surface area contributed by atoms with Crippen molar-refractivity contribution in [1.29, 1.82) is 10.5 Å². The van der Waals surface area contributed by atoms with Crippen molar-refractivity contribution in [3.63, 3.8) is 0 Å². The molecule has 4 nitrogen and oxygen atoms in total. The number of rotatable bonds is 14. The van der Waals surface area contributed by atoms with Crippen molar-refractivity contribution < 1.29 is 0 Å². The number of fused-ring (bicyclic) bond motifs is 5. The first-order valence-corrected chi connectivity index (χ1v) is 17.9. The van der Waals surface area contributed by atoms with Gasteiger partial charge in [-0.3, -0.25) is 0 Å². The van der Waals surface area contributed by atoms with E-state index in [2.05, 4.69) is 47.8 Å². The van der Waals surface area contributed by atoms with Gasteiger partial charge >= 0.3 is 241 Å². The molecule has 0 atom stereocenters. The van der Waals surface area contributed by atoms with Crippen molar-refractivity contribution in [3.8, 4) is 12.1 Å². The maximum absolute atomic E-state index is 9.88. The third-order valence-electron chi connectivity index (χ3n) is 8.00. The Kier molecular flexibility index (Phi) is 11.8. The molecule has 0 N–H and O–H groups in total. The molecule has 4 aromatic rings. The van der Waals surface area contributed by atoms with Gasteiger partial charge in [-0.05, 0) is 0 Å². The summed E-state index contributed by atoms with van der Waals surface area (Å²) in [5.74, 6) is 0. The fraction of sp³-hybridized carbons (Fsp3) is 0.444. The number of benzene rings is 2. The van der Waals surface area contributed by atoms with Crippen LogP contribution in [-0.4, -0.2) is 14.5 Å². The molecule has 6 heteroatoms. The van der Waals surface area contributed by atoms with E-state index in [0.29, 0.717) is 5.22 Å². The predicted octanol–water partition coefficient (Wildman–Crippen LogP) is 9.17. The molecular weight excluding hydrogens is 599 g/mol. The molecule has 0 spiro atoms. The Balaban J connectivity index is 1.88. The van der Waals surface area contributed by atoms with Gasteiger partial charge in [0.05, 0.1) is 0 Å². The molecule has 0 unspecified atom stereocenters. The monoisotopic (exact) mass is 638 g/mol. The van der Waals surface area contributed by atoms with Crippen LogP contribution in [0.5, 0.6) is 0 Å². The Morgan fingerprint density at radius 2 is 1.24 bits per heavy atom. The topological polar surface area (TPSA) is 56.3 Å². The van der Waals surface area contributed by atoms with E-state index < -0.39 is 0 Å². The Bertz CT molecular complexity index is 1690. The summed E-state index contributed by atoms with van der Waals surface area (Å²) in [6.07, 6.45) is 16.9. The van der Waals surface area contributed by atoms with Gasteiger partial charge in [0.15, 0.2) is 0 Å². The van der Waals surface area contributed by atoms with Crippen LogP contribution in [0.25, 0.3) is 51.6 Å². The third kappa shape index (κ3) is 7.15. The molecule has 2 heterocycles. The minimum atomic E-state index is 0.0450. The van der Waals surface area contributed by atoms with Crippen LogP contribution in [-0.2, 0) is 12.8 Å². The molecule has 42 heavy (non-hydrogen) atoms. The van der Waals surface area contributed by atoms with Gasteiger partial charge in [-0.15, -0.1) is 0 Å². The second-order valence-electron chi connectivity index (χ2n) is 11.0. The van der Waals surface area contributed by atoms with E-state index in [4.69, 9.17) is 13.1 Å². The maximum atomic E-state index is 9.88. The van der Waals surface area contributed by atoms with Gasteiger partial charge in [-0.2, -0.15) is 0 Å². The summed E-state index contributed by atoms with van der Waals surface area (Å²) >= 11 is 1.73. The molecule has 2 aromatic heterocycles. The van der Waals surface area contributed by atoms with Crippen LogP contribution in [0.4, 0.5) is 0 Å². The van der Waals surface area contributed by atoms with Gasteiger partial charge in [0.25, 0.3) is 0 Å². The summed E-state index contributed by atoms with van der Waals surface area (Å²) in [6.45, 7) is 19.9. The molecular formula is C36H38N4SSe. The summed E-state index contributed by atoms with van der Waals surface area (Å²) < 4.78 is 3.45. The number of hydrogen-bond acceptors (Lipinski definition) is 3. The van der Waals surface area contributed by atoms with E-state index in [-0.39, 0.29) is 25.9 Å². The van der Waals surface area contributed by atoms with Crippen LogP contribution in [0, 0.1) is 35.8 Å². The molecule has 0 amide bonds. The third-order valence-corrected chi connectivity index (χ3v) is 11.8. The van der Waals surface area contributed by atoms with Crippen LogP contribution in [0.1, 0.15) is 100 Å². The summed E-state index contributed by atoms with van der Waals surface area (Å²) in [7, 11) is 0. The van der Waals surface area contributed by atoms with Crippen molar-refractivity contribution in [2.75, 3.05) is 0 Å². The summed E-state index contributed by atoms with van der Waals surface area (Å²) in [5, 5.41) is 25.4. The molecule has 0 bridgehead atoms. The van der Waals surface area contributed by atoms with Crippen molar-refractivity contribution >= 4 is 67.7 Å². The van der Waals surface area contributed by atoms with Crippen LogP contribution < -0.4 is 10.4 Å². The molecule has 0 aliphatic rings. The van der Waals surface area contributed by atoms with Gasteiger partial charge in [0, 0.05) is 0 Å². The van der Waals surface area contributed by atoms with E-state index in [9.17, 15) is 10.5 Å². The predicted molar refractivity (Wildman–Crippen MR) is 178 cm³/mol. The van der Waals surface area contributed by atoms with E-state index in [0.717, 1.165) is 61.4 Å². The Hall–Kier alpha value is -3.38. The zero-order valence-electron chi connectivity index (χ0n) is 24.8. The van der Waals surface area contributed by atoms with Crippen LogP contribution in [0.3, 0.4) is 0 Å². The quantitative estimate of drug-likeness (QED) is 0.0787. The van der Waals surface area contributed by atoms with Crippen LogP contribution in [0.15, 0.2) is 24.3 Å². The average molecular weight is 638 g/mol. The molecule has 0 aliphatic heterocycles. The van der Waals surface area contributed by atoms with Crippen LogP contribution in [0.2, 0.25) is 0 Å². The molecule has 0 saturated heterocycles. The molecule has 0 saturated carbocycles. The molecule has 0 aliphatic carbocycles. The number of unbranched alkanes of at least 4 members (excludes halogenated alkanes) is 10. The van der Waals surface area contributed by atoms with Gasteiger partial charge < -0.3 is 0 Å². The molecule has 0 fully saturated rings. The molecule has 214 valence electrons. The van der Waals surface area contributed by atoms with Crippen molar-refractivity contribution in [2.45, 2.75) is 104 Å². The Morgan fingerprint density at radius 3 is 1.86 bits per heavy atom. The summed E-state index contributed by atoms with van der Waals surface area (Å²) in [6, 6.07) is 12.9. The zero-order chi connectivity index (χ0) is 29.9. The van der Waals surface area contributed by atoms with Gasteiger partial charge in [0.2, 0.25) is 0 Å². The van der Waals surface area contributed by atoms with Crippen molar-refractivity contribution in [2.24, 2.45) is 0 Å². The minimum absolute atomic E-state index is 0.0450. The zero-order valence-corrected chi connectivity index (χ0v) is 27.3. The molecule has 4 rings (SSSR count). The first-order chi connectivity index (χ1) is 20.6. The van der Waals surface area contributed by atoms with Crippen molar-refractivity contribution in [3.05, 3.63) is 66.9 Å². The van der Waals surface area contributed by atoms with Crippen molar-refractivity contribution in [1.82, 2.24) is 0 Å². The number of hydrogen-bond donors (Lipinski definition) is 0. The SMILES string of the molecule is [C-]#[N+]/C(C#N)=c1/cc2c3cc(CCCCCCCC)[se]c3/c(=C(\C#N)[N+]#[C-])cc2c2cc(CCCCCCCC)sc12. The van der Waals surface area contributed by atoms with Gasteiger partial charge in [-0.1, -0.05) is 19.8 Å². The van der Waals surface area contributed by atoms with E-state index in [1.807, 2.05) is 12.1 Å². The fourth-order valence-corrected chi connectivity index (χ4v) is 9.56. The van der Waals surface area contributed by atoms with E-state index in [1.165, 1.54) is 73.5 Å². The Morgan fingerprint density at radius 1 is 0.690 bits per heavy atom. The number of thiophene rings is 1. The van der Waals surface area contributed by atoms with Gasteiger partial charge in [0.1, 0.15) is 0 Å². The first kappa shape index (κ1) is 31.6. The standard InChI is InChI=1S/C36H38N4SSe/c1-5-7-9-11-13-15-17-25-19-29-27-22-32(34(24-38)40-4)36-30(20-26(42-36)18-16-14-12-10-8-6-2)28(27)21-31(35(29)41-25)33(23-37)39-3/h19-22H,5-18H2,1-2H3/b33-31-,34-32+. The Labute approximate surface area is 260 Å². The second-order valence-corrected chi connectivity index (χ2v) is 14.6. The fourth-order valence-electron chi connectivity index (χ4n) is 5.75. The first-order valence-electron chi connectivity index (χ1n) is 15.3. The van der Waals surface area contributed by atoms with E-state index in [1.54, 1.807) is 11.3 Å². The average Bonchev–Trinajstić information content (AvgIpc) is 3.63. The summed E-state index contributed by atoms with van der Waals surface area (Å²) in [4.78, 5) is 8.50. The molecule has 2 aromatic carbocycles. The molecule has 0 radical (unpaired) electrons.